The van der Waals surface area contributed by atoms with Gasteiger partial charge in [-0.25, -0.2) is 0 Å². The largest absolute Gasteiger partial charge is 0.324 e. The number of rotatable bonds is 2. The van der Waals surface area contributed by atoms with E-state index in [4.69, 9.17) is 17.3 Å². The average molecular weight is 292 g/mol. The van der Waals surface area contributed by atoms with Gasteiger partial charge in [0, 0.05) is 11.1 Å². The summed E-state index contributed by atoms with van der Waals surface area (Å²) in [6, 6.07) is 6.51. The van der Waals surface area contributed by atoms with Gasteiger partial charge in [-0.1, -0.05) is 49.4 Å². The molecule has 0 saturated heterocycles. The van der Waals surface area contributed by atoms with Gasteiger partial charge in [0.25, 0.3) is 0 Å². The summed E-state index contributed by atoms with van der Waals surface area (Å²) in [6.45, 7) is 2.05. The van der Waals surface area contributed by atoms with Crippen LogP contribution < -0.4 is 5.73 Å². The van der Waals surface area contributed by atoms with Crippen LogP contribution in [0.25, 0.3) is 0 Å². The molecule has 0 spiro atoms. The zero-order valence-corrected chi connectivity index (χ0v) is 13.2. The van der Waals surface area contributed by atoms with E-state index in [0.717, 1.165) is 22.4 Å². The molecular formula is C18H26ClN. The maximum atomic E-state index is 6.55. The SMILES string of the molecule is Cc1ccc(C(N)C2CCC3CCCCC3C2)cc1Cl. The highest BCUT2D eigenvalue weighted by molar-refractivity contribution is 6.31. The quantitative estimate of drug-likeness (QED) is 0.791. The van der Waals surface area contributed by atoms with Crippen molar-refractivity contribution >= 4 is 11.6 Å². The van der Waals surface area contributed by atoms with Crippen molar-refractivity contribution in [2.75, 3.05) is 0 Å². The number of benzene rings is 1. The van der Waals surface area contributed by atoms with Crippen LogP contribution in [-0.4, -0.2) is 0 Å². The maximum absolute atomic E-state index is 6.55. The summed E-state index contributed by atoms with van der Waals surface area (Å²) in [5.74, 6) is 2.58. The molecule has 2 fully saturated rings. The number of fused-ring (bicyclic) bond motifs is 1. The number of nitrogens with two attached hydrogens (primary N) is 1. The molecule has 0 aromatic heterocycles. The first-order chi connectivity index (χ1) is 9.65. The van der Waals surface area contributed by atoms with Crippen LogP contribution in [0, 0.1) is 24.7 Å². The van der Waals surface area contributed by atoms with Crippen LogP contribution in [0.1, 0.15) is 62.1 Å². The van der Waals surface area contributed by atoms with E-state index in [-0.39, 0.29) is 6.04 Å². The molecular weight excluding hydrogens is 266 g/mol. The molecule has 0 amide bonds. The Morgan fingerprint density at radius 3 is 2.60 bits per heavy atom. The third kappa shape index (κ3) is 2.89. The molecule has 4 unspecified atom stereocenters. The van der Waals surface area contributed by atoms with Gasteiger partial charge in [-0.15, -0.1) is 0 Å². The molecule has 2 N–H and O–H groups in total. The van der Waals surface area contributed by atoms with Crippen molar-refractivity contribution in [2.45, 2.75) is 57.9 Å². The van der Waals surface area contributed by atoms with E-state index >= 15 is 0 Å². The molecule has 0 aliphatic heterocycles. The third-order valence-electron chi connectivity index (χ3n) is 5.67. The lowest BCUT2D eigenvalue weighted by atomic mass is 9.65. The van der Waals surface area contributed by atoms with Crippen molar-refractivity contribution < 1.29 is 0 Å². The summed E-state index contributed by atoms with van der Waals surface area (Å²) >= 11 is 6.25. The summed E-state index contributed by atoms with van der Waals surface area (Å²) in [6.07, 6.45) is 9.80. The molecule has 2 saturated carbocycles. The van der Waals surface area contributed by atoms with Crippen LogP contribution >= 0.6 is 11.6 Å². The first-order valence-corrected chi connectivity index (χ1v) is 8.54. The van der Waals surface area contributed by atoms with Gasteiger partial charge in [0.1, 0.15) is 0 Å². The molecule has 0 radical (unpaired) electrons. The minimum atomic E-state index is 0.163. The van der Waals surface area contributed by atoms with E-state index in [1.807, 2.05) is 6.92 Å². The standard InChI is InChI=1S/C18H26ClN/c1-12-6-7-16(11-17(12)19)18(20)15-9-8-13-4-2-3-5-14(13)10-15/h6-7,11,13-15,18H,2-5,8-10,20H2,1H3. The van der Waals surface area contributed by atoms with E-state index in [1.165, 1.54) is 50.5 Å². The van der Waals surface area contributed by atoms with Crippen molar-refractivity contribution in [2.24, 2.45) is 23.5 Å². The fourth-order valence-corrected chi connectivity index (χ4v) is 4.51. The molecule has 0 bridgehead atoms. The van der Waals surface area contributed by atoms with Gasteiger partial charge in [0.05, 0.1) is 0 Å². The van der Waals surface area contributed by atoms with Crippen LogP contribution in [0.2, 0.25) is 5.02 Å². The fraction of sp³-hybridized carbons (Fsp3) is 0.667. The summed E-state index contributed by atoms with van der Waals surface area (Å²) in [5, 5.41) is 0.851. The number of hydrogen-bond donors (Lipinski definition) is 1. The van der Waals surface area contributed by atoms with E-state index in [2.05, 4.69) is 18.2 Å². The highest BCUT2D eigenvalue weighted by Gasteiger charge is 2.34. The Bertz CT molecular complexity index is 470. The Labute approximate surface area is 127 Å². The van der Waals surface area contributed by atoms with Crippen molar-refractivity contribution in [3.8, 4) is 0 Å². The number of hydrogen-bond acceptors (Lipinski definition) is 1. The summed E-state index contributed by atoms with van der Waals surface area (Å²) in [7, 11) is 0. The number of halogens is 1. The van der Waals surface area contributed by atoms with Crippen LogP contribution in [-0.2, 0) is 0 Å². The van der Waals surface area contributed by atoms with Crippen LogP contribution in [0.5, 0.6) is 0 Å². The third-order valence-corrected chi connectivity index (χ3v) is 6.08. The zero-order chi connectivity index (χ0) is 14.1. The molecule has 4 atom stereocenters. The lowest BCUT2D eigenvalue weighted by Crippen LogP contribution is -2.33. The Morgan fingerprint density at radius 1 is 1.10 bits per heavy atom. The Kier molecular flexibility index (Phi) is 4.37. The molecule has 1 nitrogen and oxygen atoms in total. The zero-order valence-electron chi connectivity index (χ0n) is 12.4. The van der Waals surface area contributed by atoms with E-state index in [1.54, 1.807) is 0 Å². The van der Waals surface area contributed by atoms with Gasteiger partial charge in [0.15, 0.2) is 0 Å². The molecule has 2 heteroatoms. The van der Waals surface area contributed by atoms with Crippen LogP contribution in [0.3, 0.4) is 0 Å². The predicted octanol–water partition coefficient (Wildman–Crippen LogP) is 5.25. The first-order valence-electron chi connectivity index (χ1n) is 8.17. The second-order valence-corrected chi connectivity index (χ2v) is 7.32. The fourth-order valence-electron chi connectivity index (χ4n) is 4.32. The normalized spacial score (nSPS) is 31.6. The minimum Gasteiger partial charge on any atom is -0.324 e. The second-order valence-electron chi connectivity index (χ2n) is 6.91. The topological polar surface area (TPSA) is 26.0 Å². The van der Waals surface area contributed by atoms with Crippen LogP contribution in [0.15, 0.2) is 18.2 Å². The minimum absolute atomic E-state index is 0.163. The van der Waals surface area contributed by atoms with Gasteiger partial charge >= 0.3 is 0 Å². The van der Waals surface area contributed by atoms with Gasteiger partial charge in [-0.3, -0.25) is 0 Å². The molecule has 1 aromatic rings. The van der Waals surface area contributed by atoms with E-state index < -0.39 is 0 Å². The molecule has 20 heavy (non-hydrogen) atoms. The first kappa shape index (κ1) is 14.4. The Hall–Kier alpha value is -0.530. The van der Waals surface area contributed by atoms with E-state index in [0.29, 0.717) is 5.92 Å². The van der Waals surface area contributed by atoms with Crippen molar-refractivity contribution in [1.29, 1.82) is 0 Å². The van der Waals surface area contributed by atoms with Gasteiger partial charge in [0.2, 0.25) is 0 Å². The summed E-state index contributed by atoms with van der Waals surface area (Å²) < 4.78 is 0. The molecule has 3 rings (SSSR count). The monoisotopic (exact) mass is 291 g/mol. The highest BCUT2D eigenvalue weighted by Crippen LogP contribution is 2.45. The molecule has 110 valence electrons. The average Bonchev–Trinajstić information content (AvgIpc) is 2.49. The van der Waals surface area contributed by atoms with Gasteiger partial charge < -0.3 is 5.73 Å². The van der Waals surface area contributed by atoms with E-state index in [9.17, 15) is 0 Å². The van der Waals surface area contributed by atoms with Crippen molar-refractivity contribution in [1.82, 2.24) is 0 Å². The highest BCUT2D eigenvalue weighted by atomic mass is 35.5. The second kappa shape index (κ2) is 6.07. The predicted molar refractivity (Wildman–Crippen MR) is 85.9 cm³/mol. The smallest absolute Gasteiger partial charge is 0.0438 e. The Balaban J connectivity index is 1.70. The summed E-state index contributed by atoms with van der Waals surface area (Å²) in [4.78, 5) is 0. The van der Waals surface area contributed by atoms with Gasteiger partial charge in [-0.05, 0) is 61.1 Å². The maximum Gasteiger partial charge on any atom is 0.0438 e. The molecule has 2 aliphatic carbocycles. The van der Waals surface area contributed by atoms with Gasteiger partial charge in [-0.2, -0.15) is 0 Å². The lowest BCUT2D eigenvalue weighted by Gasteiger charge is -2.41. The molecule has 0 heterocycles. The molecule has 2 aliphatic rings. The lowest BCUT2D eigenvalue weighted by molar-refractivity contribution is 0.117. The number of aryl methyl sites for hydroxylation is 1. The van der Waals surface area contributed by atoms with Crippen molar-refractivity contribution in [3.63, 3.8) is 0 Å². The summed E-state index contributed by atoms with van der Waals surface area (Å²) in [5.41, 5.74) is 8.91. The molecule has 1 aromatic carbocycles. The van der Waals surface area contributed by atoms with Crippen molar-refractivity contribution in [3.05, 3.63) is 34.3 Å². The Morgan fingerprint density at radius 2 is 1.85 bits per heavy atom. The van der Waals surface area contributed by atoms with Crippen LogP contribution in [0.4, 0.5) is 0 Å².